The molecule has 228 valence electrons. The summed E-state index contributed by atoms with van der Waals surface area (Å²) < 4.78 is 11.4. The lowest BCUT2D eigenvalue weighted by atomic mass is 9.64. The molecule has 0 saturated carbocycles. The van der Waals surface area contributed by atoms with Gasteiger partial charge in [-0.05, 0) is 49.9 Å². The number of likely N-dealkylation sites (N-methyl/N-ethyl adjacent to an activating group) is 1. The van der Waals surface area contributed by atoms with Crippen molar-refractivity contribution in [3.8, 4) is 0 Å². The normalized spacial score (nSPS) is 19.1. The first-order valence-corrected chi connectivity index (χ1v) is 15.2. The number of rotatable bonds is 15. The highest BCUT2D eigenvalue weighted by molar-refractivity contribution is 6.24. The van der Waals surface area contributed by atoms with Gasteiger partial charge < -0.3 is 25.0 Å². The molecule has 0 radical (unpaired) electrons. The number of nitrogens with two attached hydrogens (primary N) is 1. The summed E-state index contributed by atoms with van der Waals surface area (Å²) in [7, 11) is 1.95. The number of carbonyl (C=O) groups excluding carboxylic acids is 3. The van der Waals surface area contributed by atoms with Gasteiger partial charge in [0.1, 0.15) is 12.2 Å². The van der Waals surface area contributed by atoms with Crippen LogP contribution in [0.1, 0.15) is 30.4 Å². The van der Waals surface area contributed by atoms with Crippen LogP contribution in [0.5, 0.6) is 0 Å². The molecule has 3 amide bonds. The van der Waals surface area contributed by atoms with Crippen molar-refractivity contribution in [3.05, 3.63) is 95.1 Å². The van der Waals surface area contributed by atoms with E-state index >= 15 is 0 Å². The quantitative estimate of drug-likeness (QED) is 0.194. The number of carbonyl (C=O) groups is 3. The van der Waals surface area contributed by atoms with Crippen molar-refractivity contribution in [2.75, 3.05) is 66.3 Å². The molecule has 2 N–H and O–H groups in total. The number of hydrogen-bond acceptors (Lipinski definition) is 7. The Kier molecular flexibility index (Phi) is 10.2. The molecule has 9 nitrogen and oxygen atoms in total. The molecule has 3 aliphatic rings. The predicted octanol–water partition coefficient (Wildman–Crippen LogP) is 2.72. The third-order valence-electron chi connectivity index (χ3n) is 8.88. The smallest absolute Gasteiger partial charge is 0.261 e. The van der Waals surface area contributed by atoms with E-state index in [-0.39, 0.29) is 30.4 Å². The molecule has 2 heterocycles. The summed E-state index contributed by atoms with van der Waals surface area (Å²) in [6.07, 6.45) is 6.22. The minimum atomic E-state index is -0.893. The number of likely N-dealkylation sites (tertiary alicyclic amines) is 2. The van der Waals surface area contributed by atoms with Crippen molar-refractivity contribution in [2.24, 2.45) is 11.7 Å². The Morgan fingerprint density at radius 2 is 1.47 bits per heavy atom. The number of allylic oxidation sites excluding steroid dienone is 2. The summed E-state index contributed by atoms with van der Waals surface area (Å²) in [4.78, 5) is 44.1. The van der Waals surface area contributed by atoms with Gasteiger partial charge in [-0.3, -0.25) is 19.3 Å². The first-order chi connectivity index (χ1) is 20.9. The number of benzene rings is 2. The molecule has 1 aliphatic carbocycles. The molecule has 43 heavy (non-hydrogen) atoms. The Hall–Kier alpha value is -3.63. The van der Waals surface area contributed by atoms with E-state index in [1.807, 2.05) is 84.8 Å². The molecule has 2 aliphatic heterocycles. The van der Waals surface area contributed by atoms with E-state index in [9.17, 15) is 14.4 Å². The van der Waals surface area contributed by atoms with Crippen molar-refractivity contribution in [1.82, 2.24) is 14.7 Å². The van der Waals surface area contributed by atoms with E-state index < -0.39 is 5.41 Å². The maximum absolute atomic E-state index is 13.2. The first kappa shape index (κ1) is 30.8. The van der Waals surface area contributed by atoms with Gasteiger partial charge in [-0.25, -0.2) is 0 Å². The monoisotopic (exact) mass is 586 g/mol. The molecule has 2 fully saturated rings. The Morgan fingerprint density at radius 1 is 0.884 bits per heavy atom. The van der Waals surface area contributed by atoms with Gasteiger partial charge in [0, 0.05) is 43.9 Å². The van der Waals surface area contributed by atoms with Crippen LogP contribution in [0.15, 0.2) is 84.0 Å². The largest absolute Gasteiger partial charge is 0.369 e. The number of hydrogen-bond donors (Lipinski definition) is 1. The highest BCUT2D eigenvalue weighted by atomic mass is 16.7. The van der Waals surface area contributed by atoms with Crippen molar-refractivity contribution in [3.63, 3.8) is 0 Å². The van der Waals surface area contributed by atoms with Crippen LogP contribution < -0.4 is 5.73 Å². The lowest BCUT2D eigenvalue weighted by Crippen LogP contribution is -2.49. The number of amides is 3. The number of ether oxygens (including phenoxy) is 2. The van der Waals surface area contributed by atoms with Gasteiger partial charge in [0.15, 0.2) is 0 Å². The summed E-state index contributed by atoms with van der Waals surface area (Å²) in [6.45, 7) is 5.15. The second-order valence-corrected chi connectivity index (χ2v) is 11.5. The zero-order valence-electron chi connectivity index (χ0n) is 25.0. The fourth-order valence-corrected chi connectivity index (χ4v) is 6.55. The first-order valence-electron chi connectivity index (χ1n) is 15.2. The van der Waals surface area contributed by atoms with Crippen LogP contribution in [-0.2, 0) is 29.3 Å². The van der Waals surface area contributed by atoms with Crippen LogP contribution >= 0.6 is 0 Å². The summed E-state index contributed by atoms with van der Waals surface area (Å²) in [5, 5.41) is 0. The van der Waals surface area contributed by atoms with Gasteiger partial charge >= 0.3 is 0 Å². The maximum atomic E-state index is 13.2. The molecule has 2 aromatic rings. The second-order valence-electron chi connectivity index (χ2n) is 11.5. The topological polar surface area (TPSA) is 105 Å². The summed E-state index contributed by atoms with van der Waals surface area (Å²) >= 11 is 0. The lowest BCUT2D eigenvalue weighted by Gasteiger charge is -2.37. The SMILES string of the molecule is CN(CCOCOCCN1CCC(C(C(N)=O)(c2ccccc2)c2ccccc2)C1)CCN1C(=O)C2=CCCC=C2C1=O. The average Bonchev–Trinajstić information content (AvgIpc) is 3.59. The Labute approximate surface area is 253 Å². The maximum Gasteiger partial charge on any atom is 0.261 e. The third-order valence-corrected chi connectivity index (χ3v) is 8.88. The van der Waals surface area contributed by atoms with Crippen molar-refractivity contribution in [2.45, 2.75) is 24.7 Å². The summed E-state index contributed by atoms with van der Waals surface area (Å²) in [5.74, 6) is -0.638. The minimum Gasteiger partial charge on any atom is -0.369 e. The number of primary amides is 1. The van der Waals surface area contributed by atoms with E-state index in [0.29, 0.717) is 44.0 Å². The van der Waals surface area contributed by atoms with Crippen LogP contribution in [0.2, 0.25) is 0 Å². The van der Waals surface area contributed by atoms with Gasteiger partial charge in [0.2, 0.25) is 5.91 Å². The van der Waals surface area contributed by atoms with E-state index in [4.69, 9.17) is 15.2 Å². The van der Waals surface area contributed by atoms with Gasteiger partial charge in [-0.15, -0.1) is 0 Å². The Bertz CT molecular complexity index is 1270. The highest BCUT2D eigenvalue weighted by Gasteiger charge is 2.49. The zero-order valence-corrected chi connectivity index (χ0v) is 25.0. The van der Waals surface area contributed by atoms with E-state index in [1.165, 1.54) is 4.90 Å². The van der Waals surface area contributed by atoms with Crippen LogP contribution in [0, 0.1) is 5.92 Å². The third kappa shape index (κ3) is 6.65. The number of nitrogens with zero attached hydrogens (tertiary/aromatic N) is 3. The van der Waals surface area contributed by atoms with E-state index in [1.54, 1.807) is 0 Å². The van der Waals surface area contributed by atoms with Crippen LogP contribution in [-0.4, -0.2) is 98.7 Å². The van der Waals surface area contributed by atoms with Crippen molar-refractivity contribution in [1.29, 1.82) is 0 Å². The molecule has 0 aromatic heterocycles. The molecule has 2 saturated heterocycles. The zero-order chi connectivity index (χ0) is 30.2. The van der Waals surface area contributed by atoms with Crippen LogP contribution in [0.25, 0.3) is 0 Å². The highest BCUT2D eigenvalue weighted by Crippen LogP contribution is 2.43. The van der Waals surface area contributed by atoms with Crippen LogP contribution in [0.4, 0.5) is 0 Å². The predicted molar refractivity (Wildman–Crippen MR) is 164 cm³/mol. The van der Waals surface area contributed by atoms with Gasteiger partial charge in [0.25, 0.3) is 11.8 Å². The van der Waals surface area contributed by atoms with E-state index in [2.05, 4.69) is 4.90 Å². The Morgan fingerprint density at radius 3 is 2.05 bits per heavy atom. The second kappa shape index (κ2) is 14.2. The Balaban J connectivity index is 1.02. The molecule has 1 unspecified atom stereocenters. The number of fused-ring (bicyclic) bond motifs is 1. The molecule has 0 bridgehead atoms. The van der Waals surface area contributed by atoms with Gasteiger partial charge in [0.05, 0.1) is 13.2 Å². The summed E-state index contributed by atoms with van der Waals surface area (Å²) in [6, 6.07) is 19.8. The van der Waals surface area contributed by atoms with Crippen molar-refractivity contribution >= 4 is 17.7 Å². The fraction of sp³-hybridized carbons (Fsp3) is 0.441. The number of imide groups is 1. The van der Waals surface area contributed by atoms with Crippen LogP contribution in [0.3, 0.4) is 0 Å². The molecule has 5 rings (SSSR count). The molecular formula is C34H42N4O5. The molecule has 9 heteroatoms. The summed E-state index contributed by atoms with van der Waals surface area (Å²) in [5.41, 5.74) is 8.29. The average molecular weight is 587 g/mol. The molecule has 0 spiro atoms. The standard InChI is InChI=1S/C34H42N4O5/c1-36(18-19-38-31(39)29-14-8-9-15-30(29)32(38)40)20-22-42-25-43-23-21-37-17-16-28(24-37)34(33(35)41,26-10-4-2-5-11-26)27-12-6-3-7-13-27/h2-7,10-15,28H,8-9,16-25H2,1H3,(H2,35,41). The van der Waals surface area contributed by atoms with Gasteiger partial charge in [-0.2, -0.15) is 0 Å². The fourth-order valence-electron chi connectivity index (χ4n) is 6.55. The lowest BCUT2D eigenvalue weighted by molar-refractivity contribution is -0.136. The minimum absolute atomic E-state index is 0.0465. The van der Waals surface area contributed by atoms with Crippen molar-refractivity contribution < 1.29 is 23.9 Å². The molecule has 2 aromatic carbocycles. The van der Waals surface area contributed by atoms with E-state index in [0.717, 1.165) is 50.0 Å². The molecular weight excluding hydrogens is 544 g/mol. The van der Waals surface area contributed by atoms with Gasteiger partial charge in [-0.1, -0.05) is 72.8 Å². The molecule has 1 atom stereocenters.